The van der Waals surface area contributed by atoms with Crippen LogP contribution in [0.1, 0.15) is 25.7 Å². The second kappa shape index (κ2) is 5.43. The summed E-state index contributed by atoms with van der Waals surface area (Å²) in [6.45, 7) is 2.53. The summed E-state index contributed by atoms with van der Waals surface area (Å²) in [6.07, 6.45) is 5.97. The number of fused-ring (bicyclic) bond motifs is 1. The van der Waals surface area contributed by atoms with Crippen molar-refractivity contribution in [3.63, 3.8) is 0 Å². The minimum absolute atomic E-state index is 0.263. The van der Waals surface area contributed by atoms with E-state index in [1.807, 2.05) is 40.0 Å². The van der Waals surface area contributed by atoms with Gasteiger partial charge >= 0.3 is 0 Å². The molecule has 1 aromatic carbocycles. The first kappa shape index (κ1) is 12.2. The second-order valence-electron chi connectivity index (χ2n) is 5.12. The average molecular weight is 257 g/mol. The summed E-state index contributed by atoms with van der Waals surface area (Å²) in [5.74, 6) is 0.263. The Hall–Kier alpha value is -1.84. The molecule has 0 atom stereocenters. The van der Waals surface area contributed by atoms with Gasteiger partial charge < -0.3 is 4.90 Å². The summed E-state index contributed by atoms with van der Waals surface area (Å²) in [5, 5.41) is 5.49. The summed E-state index contributed by atoms with van der Waals surface area (Å²) >= 11 is 0. The molecule has 4 heteroatoms. The van der Waals surface area contributed by atoms with Gasteiger partial charge in [-0.05, 0) is 25.3 Å². The van der Waals surface area contributed by atoms with Crippen LogP contribution in [0.5, 0.6) is 0 Å². The number of amides is 1. The molecule has 0 saturated carbocycles. The molecule has 0 unspecified atom stereocenters. The Balaban J connectivity index is 1.64. The Kier molecular flexibility index (Phi) is 3.49. The summed E-state index contributed by atoms with van der Waals surface area (Å²) in [7, 11) is 0. The lowest BCUT2D eigenvalue weighted by Gasteiger charge is -2.26. The summed E-state index contributed by atoms with van der Waals surface area (Å²) < 4.78 is 1.93. The highest BCUT2D eigenvalue weighted by Crippen LogP contribution is 2.14. The van der Waals surface area contributed by atoms with Gasteiger partial charge in [-0.1, -0.05) is 18.2 Å². The fourth-order valence-corrected chi connectivity index (χ4v) is 2.71. The molecule has 2 heterocycles. The van der Waals surface area contributed by atoms with E-state index in [0.717, 1.165) is 36.8 Å². The fraction of sp³-hybridized carbons (Fsp3) is 0.467. The largest absolute Gasteiger partial charge is 0.343 e. The zero-order chi connectivity index (χ0) is 13.1. The van der Waals surface area contributed by atoms with Crippen LogP contribution >= 0.6 is 0 Å². The van der Waals surface area contributed by atoms with Crippen LogP contribution in [0.25, 0.3) is 10.9 Å². The molecule has 4 nitrogen and oxygen atoms in total. The number of aromatic nitrogens is 2. The number of rotatable bonds is 3. The van der Waals surface area contributed by atoms with Gasteiger partial charge in [0.2, 0.25) is 5.91 Å². The van der Waals surface area contributed by atoms with Crippen LogP contribution in [-0.2, 0) is 11.3 Å². The van der Waals surface area contributed by atoms with Crippen LogP contribution in [0.4, 0.5) is 0 Å². The first-order valence-electron chi connectivity index (χ1n) is 7.03. The Morgan fingerprint density at radius 3 is 2.79 bits per heavy atom. The minimum atomic E-state index is 0.263. The molecule has 1 saturated heterocycles. The van der Waals surface area contributed by atoms with E-state index < -0.39 is 0 Å². The van der Waals surface area contributed by atoms with E-state index in [9.17, 15) is 4.79 Å². The van der Waals surface area contributed by atoms with Crippen LogP contribution in [0, 0.1) is 0 Å². The van der Waals surface area contributed by atoms with Crippen LogP contribution in [0.15, 0.2) is 30.5 Å². The highest BCUT2D eigenvalue weighted by atomic mass is 16.2. The number of carbonyl (C=O) groups excluding carboxylic acids is 1. The van der Waals surface area contributed by atoms with E-state index >= 15 is 0 Å². The predicted molar refractivity (Wildman–Crippen MR) is 74.8 cm³/mol. The predicted octanol–water partition coefficient (Wildman–Crippen LogP) is 2.44. The topological polar surface area (TPSA) is 38.1 Å². The van der Waals surface area contributed by atoms with Gasteiger partial charge in [0, 0.05) is 24.9 Å². The van der Waals surface area contributed by atoms with Gasteiger partial charge in [-0.3, -0.25) is 9.48 Å². The highest BCUT2D eigenvalue weighted by Gasteiger charge is 2.16. The standard InChI is InChI=1S/C15H19N3O/c19-15(17-9-4-1-5-10-17)8-11-18-14-7-3-2-6-13(14)12-16-18/h2-3,6-7,12H,1,4-5,8-11H2. The van der Waals surface area contributed by atoms with Gasteiger partial charge in [-0.25, -0.2) is 0 Å². The zero-order valence-corrected chi connectivity index (χ0v) is 11.1. The van der Waals surface area contributed by atoms with Gasteiger partial charge in [0.15, 0.2) is 0 Å². The first-order valence-corrected chi connectivity index (χ1v) is 7.03. The third-order valence-electron chi connectivity index (χ3n) is 3.80. The van der Waals surface area contributed by atoms with E-state index in [0.29, 0.717) is 13.0 Å². The Labute approximate surface area is 113 Å². The normalized spacial score (nSPS) is 15.9. The van der Waals surface area contributed by atoms with E-state index in [-0.39, 0.29) is 5.91 Å². The molecule has 2 aromatic rings. The van der Waals surface area contributed by atoms with Gasteiger partial charge in [-0.15, -0.1) is 0 Å². The molecule has 100 valence electrons. The molecule has 0 radical (unpaired) electrons. The van der Waals surface area contributed by atoms with Crippen molar-refractivity contribution < 1.29 is 4.79 Å². The Bertz CT molecular complexity index is 570. The van der Waals surface area contributed by atoms with Crippen LogP contribution in [-0.4, -0.2) is 33.7 Å². The zero-order valence-electron chi connectivity index (χ0n) is 11.1. The molecular weight excluding hydrogens is 238 g/mol. The monoisotopic (exact) mass is 257 g/mol. The fourth-order valence-electron chi connectivity index (χ4n) is 2.71. The highest BCUT2D eigenvalue weighted by molar-refractivity contribution is 5.79. The van der Waals surface area contributed by atoms with Crippen LogP contribution in [0.3, 0.4) is 0 Å². The molecule has 1 amide bonds. The molecular formula is C15H19N3O. The summed E-state index contributed by atoms with van der Waals surface area (Å²) in [6, 6.07) is 8.11. The number of likely N-dealkylation sites (tertiary alicyclic amines) is 1. The summed E-state index contributed by atoms with van der Waals surface area (Å²) in [4.78, 5) is 14.1. The average Bonchev–Trinajstić information content (AvgIpc) is 2.89. The lowest BCUT2D eigenvalue weighted by Crippen LogP contribution is -2.36. The van der Waals surface area contributed by atoms with Crippen molar-refractivity contribution >= 4 is 16.8 Å². The smallest absolute Gasteiger partial charge is 0.224 e. The number of hydrogen-bond donors (Lipinski definition) is 0. The quantitative estimate of drug-likeness (QED) is 0.847. The minimum Gasteiger partial charge on any atom is -0.343 e. The number of nitrogens with zero attached hydrogens (tertiary/aromatic N) is 3. The number of benzene rings is 1. The molecule has 1 aromatic heterocycles. The van der Waals surface area contributed by atoms with Crippen LogP contribution < -0.4 is 0 Å². The Morgan fingerprint density at radius 2 is 1.95 bits per heavy atom. The molecule has 1 aliphatic rings. The first-order chi connectivity index (χ1) is 9.34. The Morgan fingerprint density at radius 1 is 1.16 bits per heavy atom. The van der Waals surface area contributed by atoms with Crippen molar-refractivity contribution in [2.45, 2.75) is 32.2 Å². The van der Waals surface area contributed by atoms with E-state index in [1.54, 1.807) is 0 Å². The molecule has 1 fully saturated rings. The number of carbonyl (C=O) groups is 1. The maximum Gasteiger partial charge on any atom is 0.224 e. The van der Waals surface area contributed by atoms with Gasteiger partial charge in [0.1, 0.15) is 0 Å². The van der Waals surface area contributed by atoms with E-state index in [1.165, 1.54) is 6.42 Å². The van der Waals surface area contributed by atoms with Crippen LogP contribution in [0.2, 0.25) is 0 Å². The van der Waals surface area contributed by atoms with Crippen molar-refractivity contribution in [1.82, 2.24) is 14.7 Å². The van der Waals surface area contributed by atoms with Crippen molar-refractivity contribution in [2.24, 2.45) is 0 Å². The van der Waals surface area contributed by atoms with Crippen molar-refractivity contribution in [1.29, 1.82) is 0 Å². The van der Waals surface area contributed by atoms with Crippen molar-refractivity contribution in [2.75, 3.05) is 13.1 Å². The number of aryl methyl sites for hydroxylation is 1. The number of para-hydroxylation sites is 1. The lowest BCUT2D eigenvalue weighted by atomic mass is 10.1. The summed E-state index contributed by atoms with van der Waals surface area (Å²) in [5.41, 5.74) is 1.11. The second-order valence-corrected chi connectivity index (χ2v) is 5.12. The van der Waals surface area contributed by atoms with Crippen molar-refractivity contribution in [3.8, 4) is 0 Å². The molecule has 0 N–H and O–H groups in total. The van der Waals surface area contributed by atoms with Crippen molar-refractivity contribution in [3.05, 3.63) is 30.5 Å². The van der Waals surface area contributed by atoms with E-state index in [2.05, 4.69) is 5.10 Å². The maximum atomic E-state index is 12.1. The van der Waals surface area contributed by atoms with Gasteiger partial charge in [0.05, 0.1) is 18.3 Å². The molecule has 0 spiro atoms. The molecule has 0 bridgehead atoms. The molecule has 1 aliphatic heterocycles. The van der Waals surface area contributed by atoms with E-state index in [4.69, 9.17) is 0 Å². The third kappa shape index (κ3) is 2.62. The molecule has 0 aliphatic carbocycles. The molecule has 19 heavy (non-hydrogen) atoms. The van der Waals surface area contributed by atoms with Gasteiger partial charge in [0.25, 0.3) is 0 Å². The molecule has 3 rings (SSSR count). The number of piperidine rings is 1. The lowest BCUT2D eigenvalue weighted by molar-refractivity contribution is -0.132. The maximum absolute atomic E-state index is 12.1. The third-order valence-corrected chi connectivity index (χ3v) is 3.80. The van der Waals surface area contributed by atoms with Gasteiger partial charge in [-0.2, -0.15) is 5.10 Å². The number of hydrogen-bond acceptors (Lipinski definition) is 2. The SMILES string of the molecule is O=C(CCn1ncc2ccccc21)N1CCCCC1.